The number of hydrogen-bond donors (Lipinski definition) is 1. The molecule has 2 rings (SSSR count). The predicted molar refractivity (Wildman–Crippen MR) is 85.5 cm³/mol. The average molecular weight is 333 g/mol. The molecule has 0 aliphatic carbocycles. The zero-order valence-electron chi connectivity index (χ0n) is 13.8. The first-order chi connectivity index (χ1) is 11.4. The lowest BCUT2D eigenvalue weighted by Gasteiger charge is -2.05. The van der Waals surface area contributed by atoms with Crippen molar-refractivity contribution in [1.29, 1.82) is 0 Å². The number of amides is 2. The van der Waals surface area contributed by atoms with Crippen molar-refractivity contribution in [2.75, 3.05) is 13.2 Å². The number of aryl methyl sites for hydroxylation is 2. The van der Waals surface area contributed by atoms with Crippen LogP contribution in [-0.4, -0.2) is 31.2 Å². The normalized spacial score (nSPS) is 10.5. The van der Waals surface area contributed by atoms with Crippen LogP contribution in [0.4, 0.5) is 4.79 Å². The molecule has 7 heteroatoms. The summed E-state index contributed by atoms with van der Waals surface area (Å²) in [5, 5.41) is 2.78. The average Bonchev–Trinajstić information content (AvgIpc) is 2.93. The molecule has 7 nitrogen and oxygen atoms in total. The monoisotopic (exact) mass is 333 g/mol. The highest BCUT2D eigenvalue weighted by atomic mass is 16.6. The van der Waals surface area contributed by atoms with Crippen molar-refractivity contribution in [3.63, 3.8) is 0 Å². The van der Waals surface area contributed by atoms with Gasteiger partial charge in [-0.2, -0.15) is 0 Å². The molecule has 24 heavy (non-hydrogen) atoms. The Balaban J connectivity index is 1.92. The topological polar surface area (TPSA) is 94.8 Å². The fourth-order valence-corrected chi connectivity index (χ4v) is 2.19. The lowest BCUT2D eigenvalue weighted by molar-refractivity contribution is -0.147. The number of carbonyl (C=O) groups excluding carboxylic acids is 3. The molecule has 0 aliphatic rings. The van der Waals surface area contributed by atoms with Crippen LogP contribution < -0.4 is 5.32 Å². The van der Waals surface area contributed by atoms with Gasteiger partial charge in [0.2, 0.25) is 0 Å². The number of ether oxygens (including phenoxy) is 2. The zero-order chi connectivity index (χ0) is 17.7. The molecule has 0 spiro atoms. The molecule has 2 aromatic rings. The molecule has 0 unspecified atom stereocenters. The highest BCUT2D eigenvalue weighted by Gasteiger charge is 2.15. The first-order valence-corrected chi connectivity index (χ1v) is 7.50. The van der Waals surface area contributed by atoms with Gasteiger partial charge in [-0.1, -0.05) is 12.1 Å². The molecule has 0 aliphatic heterocycles. The Bertz CT molecular complexity index is 777. The van der Waals surface area contributed by atoms with E-state index in [1.807, 2.05) is 31.3 Å². The third-order valence-corrected chi connectivity index (χ3v) is 3.56. The van der Waals surface area contributed by atoms with E-state index in [0.717, 1.165) is 22.1 Å². The SMILES string of the molecule is CCOC(=O)NC(=O)COC(=O)Cc1coc2c(C)c(C)ccc12. The number of alkyl carbamates (subject to hydrolysis) is 1. The van der Waals surface area contributed by atoms with E-state index in [4.69, 9.17) is 9.15 Å². The highest BCUT2D eigenvalue weighted by molar-refractivity contribution is 5.93. The lowest BCUT2D eigenvalue weighted by atomic mass is 10.0. The van der Waals surface area contributed by atoms with Gasteiger partial charge in [-0.25, -0.2) is 4.79 Å². The molecule has 1 N–H and O–H groups in total. The van der Waals surface area contributed by atoms with Crippen molar-refractivity contribution in [2.45, 2.75) is 27.2 Å². The Kier molecular flexibility index (Phi) is 5.57. The molecule has 0 radical (unpaired) electrons. The molecule has 1 aromatic carbocycles. The Labute approximate surface area is 138 Å². The number of esters is 1. The molecule has 1 aromatic heterocycles. The first kappa shape index (κ1) is 17.5. The Morgan fingerprint density at radius 2 is 1.92 bits per heavy atom. The second-order valence-electron chi connectivity index (χ2n) is 5.25. The maximum absolute atomic E-state index is 11.9. The van der Waals surface area contributed by atoms with Gasteiger partial charge in [0.15, 0.2) is 6.61 Å². The second kappa shape index (κ2) is 7.63. The minimum absolute atomic E-state index is 0.0256. The zero-order valence-corrected chi connectivity index (χ0v) is 13.8. The fourth-order valence-electron chi connectivity index (χ4n) is 2.19. The van der Waals surface area contributed by atoms with Gasteiger partial charge in [0, 0.05) is 10.9 Å². The Morgan fingerprint density at radius 3 is 2.62 bits per heavy atom. The summed E-state index contributed by atoms with van der Waals surface area (Å²) in [5.74, 6) is -1.33. The van der Waals surface area contributed by atoms with Gasteiger partial charge in [0.05, 0.1) is 19.3 Å². The minimum atomic E-state index is -0.870. The highest BCUT2D eigenvalue weighted by Crippen LogP contribution is 2.26. The minimum Gasteiger partial charge on any atom is -0.464 e. The van der Waals surface area contributed by atoms with Gasteiger partial charge < -0.3 is 13.9 Å². The second-order valence-corrected chi connectivity index (χ2v) is 5.25. The number of rotatable bonds is 5. The summed E-state index contributed by atoms with van der Waals surface area (Å²) in [5.41, 5.74) is 3.53. The van der Waals surface area contributed by atoms with Crippen molar-refractivity contribution in [2.24, 2.45) is 0 Å². The molecular formula is C17H19NO6. The molecule has 0 bridgehead atoms. The summed E-state index contributed by atoms with van der Waals surface area (Å²) in [6, 6.07) is 3.84. The molecule has 0 saturated heterocycles. The lowest BCUT2D eigenvalue weighted by Crippen LogP contribution is -2.34. The van der Waals surface area contributed by atoms with Crippen LogP contribution in [0.5, 0.6) is 0 Å². The van der Waals surface area contributed by atoms with Gasteiger partial charge in [0.1, 0.15) is 5.58 Å². The number of imide groups is 1. The van der Waals surface area contributed by atoms with E-state index in [9.17, 15) is 14.4 Å². The summed E-state index contributed by atoms with van der Waals surface area (Å²) >= 11 is 0. The van der Waals surface area contributed by atoms with Crippen LogP contribution in [0.15, 0.2) is 22.8 Å². The third-order valence-electron chi connectivity index (χ3n) is 3.56. The number of carbonyl (C=O) groups is 3. The van der Waals surface area contributed by atoms with Crippen LogP contribution in [-0.2, 0) is 25.5 Å². The van der Waals surface area contributed by atoms with E-state index in [1.165, 1.54) is 6.26 Å². The summed E-state index contributed by atoms with van der Waals surface area (Å²) in [7, 11) is 0. The summed E-state index contributed by atoms with van der Waals surface area (Å²) in [4.78, 5) is 34.3. The molecule has 0 atom stereocenters. The summed E-state index contributed by atoms with van der Waals surface area (Å²) in [6.07, 6.45) is 0.615. The van der Waals surface area contributed by atoms with Crippen LogP contribution in [0.2, 0.25) is 0 Å². The largest absolute Gasteiger partial charge is 0.464 e. The molecule has 0 saturated carbocycles. The van der Waals surface area contributed by atoms with Gasteiger partial charge in [-0.3, -0.25) is 14.9 Å². The van der Waals surface area contributed by atoms with E-state index in [0.29, 0.717) is 5.56 Å². The van der Waals surface area contributed by atoms with Crippen molar-refractivity contribution < 1.29 is 28.3 Å². The number of nitrogens with one attached hydrogen (secondary N) is 1. The number of fused-ring (bicyclic) bond motifs is 1. The summed E-state index contributed by atoms with van der Waals surface area (Å²) < 4.78 is 14.9. The molecule has 1 heterocycles. The van der Waals surface area contributed by atoms with Crippen molar-refractivity contribution in [3.8, 4) is 0 Å². The maximum atomic E-state index is 11.9. The summed E-state index contributed by atoms with van der Waals surface area (Å²) in [6.45, 7) is 5.13. The van der Waals surface area contributed by atoms with Gasteiger partial charge in [0.25, 0.3) is 5.91 Å². The van der Waals surface area contributed by atoms with Crippen molar-refractivity contribution in [1.82, 2.24) is 5.32 Å². The van der Waals surface area contributed by atoms with Gasteiger partial charge >= 0.3 is 12.1 Å². The van der Waals surface area contributed by atoms with Gasteiger partial charge in [-0.05, 0) is 31.9 Å². The van der Waals surface area contributed by atoms with E-state index >= 15 is 0 Å². The van der Waals surface area contributed by atoms with Crippen LogP contribution in [0, 0.1) is 13.8 Å². The van der Waals surface area contributed by atoms with E-state index in [1.54, 1.807) is 6.92 Å². The number of furan rings is 1. The van der Waals surface area contributed by atoms with Crippen LogP contribution in [0.3, 0.4) is 0 Å². The van der Waals surface area contributed by atoms with Crippen LogP contribution in [0.1, 0.15) is 23.6 Å². The standard InChI is InChI=1S/C17H19NO6/c1-4-22-17(21)18-14(19)9-23-15(20)7-12-8-24-16-11(3)10(2)5-6-13(12)16/h5-6,8H,4,7,9H2,1-3H3,(H,18,19,21). The first-order valence-electron chi connectivity index (χ1n) is 7.50. The maximum Gasteiger partial charge on any atom is 0.413 e. The smallest absolute Gasteiger partial charge is 0.413 e. The fraction of sp³-hybridized carbons (Fsp3) is 0.353. The molecule has 0 fully saturated rings. The Hall–Kier alpha value is -2.83. The predicted octanol–water partition coefficient (Wildman–Crippen LogP) is 2.41. The third kappa shape index (κ3) is 4.13. The van der Waals surface area contributed by atoms with Crippen molar-refractivity contribution >= 4 is 28.9 Å². The molecular weight excluding hydrogens is 314 g/mol. The van der Waals surface area contributed by atoms with E-state index in [2.05, 4.69) is 4.74 Å². The number of benzene rings is 1. The van der Waals surface area contributed by atoms with Crippen LogP contribution >= 0.6 is 0 Å². The van der Waals surface area contributed by atoms with E-state index < -0.39 is 24.6 Å². The Morgan fingerprint density at radius 1 is 1.17 bits per heavy atom. The quantitative estimate of drug-likeness (QED) is 0.844. The number of hydrogen-bond acceptors (Lipinski definition) is 6. The van der Waals surface area contributed by atoms with Crippen molar-refractivity contribution in [3.05, 3.63) is 35.1 Å². The molecule has 128 valence electrons. The van der Waals surface area contributed by atoms with Gasteiger partial charge in [-0.15, -0.1) is 0 Å². The van der Waals surface area contributed by atoms with Crippen LogP contribution in [0.25, 0.3) is 11.0 Å². The molecule has 2 amide bonds. The van der Waals surface area contributed by atoms with E-state index in [-0.39, 0.29) is 13.0 Å².